The molecule has 2 unspecified atom stereocenters. The van der Waals surface area contributed by atoms with Crippen LogP contribution in [0.1, 0.15) is 31.7 Å². The van der Waals surface area contributed by atoms with E-state index < -0.39 is 0 Å². The van der Waals surface area contributed by atoms with E-state index >= 15 is 0 Å². The molecule has 0 spiro atoms. The van der Waals surface area contributed by atoms with Crippen LogP contribution in [0.15, 0.2) is 24.3 Å². The highest BCUT2D eigenvalue weighted by atomic mass is 15.2. The lowest BCUT2D eigenvalue weighted by Gasteiger charge is -2.40. The van der Waals surface area contributed by atoms with Crippen molar-refractivity contribution in [1.29, 1.82) is 0 Å². The molecule has 0 amide bonds. The summed E-state index contributed by atoms with van der Waals surface area (Å²) in [4.78, 5) is 2.70. The normalized spacial score (nSPS) is 28.6. The third-order valence-electron chi connectivity index (χ3n) is 4.54. The summed E-state index contributed by atoms with van der Waals surface area (Å²) in [5, 5.41) is 3.52. The average molecular weight is 244 g/mol. The molecule has 2 heteroatoms. The first kappa shape index (κ1) is 12.0. The number of para-hydroxylation sites is 1. The number of fused-ring (bicyclic) bond motifs is 1. The molecular weight excluding hydrogens is 220 g/mol. The largest absolute Gasteiger partial charge is 0.368 e. The minimum atomic E-state index is 0.727. The van der Waals surface area contributed by atoms with E-state index in [1.54, 1.807) is 5.56 Å². The van der Waals surface area contributed by atoms with E-state index in [1.165, 1.54) is 51.0 Å². The first-order valence-corrected chi connectivity index (χ1v) is 7.41. The molecule has 0 radical (unpaired) electrons. The Morgan fingerprint density at radius 1 is 1.22 bits per heavy atom. The molecule has 1 N–H and O–H groups in total. The van der Waals surface area contributed by atoms with Crippen molar-refractivity contribution in [1.82, 2.24) is 5.32 Å². The van der Waals surface area contributed by atoms with E-state index in [4.69, 9.17) is 0 Å². The van der Waals surface area contributed by atoms with Gasteiger partial charge in [-0.3, -0.25) is 0 Å². The summed E-state index contributed by atoms with van der Waals surface area (Å²) in [6.45, 7) is 5.98. The molecule has 98 valence electrons. The lowest BCUT2D eigenvalue weighted by atomic mass is 9.93. The number of hydrogen-bond acceptors (Lipinski definition) is 2. The highest BCUT2D eigenvalue weighted by Crippen LogP contribution is 2.31. The maximum absolute atomic E-state index is 3.52. The molecule has 18 heavy (non-hydrogen) atoms. The highest BCUT2D eigenvalue weighted by Gasteiger charge is 2.28. The van der Waals surface area contributed by atoms with Crippen LogP contribution in [0.3, 0.4) is 0 Å². The van der Waals surface area contributed by atoms with Gasteiger partial charge in [0.05, 0.1) is 0 Å². The fourth-order valence-electron chi connectivity index (χ4n) is 3.53. The Morgan fingerprint density at radius 2 is 2.11 bits per heavy atom. The highest BCUT2D eigenvalue weighted by molar-refractivity contribution is 5.55. The Labute approximate surface area is 110 Å². The van der Waals surface area contributed by atoms with E-state index in [-0.39, 0.29) is 0 Å². The monoisotopic (exact) mass is 244 g/mol. The zero-order chi connectivity index (χ0) is 12.4. The van der Waals surface area contributed by atoms with E-state index in [2.05, 4.69) is 41.4 Å². The SMILES string of the molecule is CC1CNCCC1N1CCCCc2ccccc21. The van der Waals surface area contributed by atoms with Crippen molar-refractivity contribution in [2.24, 2.45) is 5.92 Å². The summed E-state index contributed by atoms with van der Waals surface area (Å²) in [6, 6.07) is 9.76. The average Bonchev–Trinajstić information content (AvgIpc) is 2.62. The van der Waals surface area contributed by atoms with Gasteiger partial charge >= 0.3 is 0 Å². The molecule has 0 aromatic heterocycles. The van der Waals surface area contributed by atoms with Crippen LogP contribution in [-0.4, -0.2) is 25.7 Å². The summed E-state index contributed by atoms with van der Waals surface area (Å²) < 4.78 is 0. The lowest BCUT2D eigenvalue weighted by Crippen LogP contribution is -2.49. The van der Waals surface area contributed by atoms with Gasteiger partial charge in [0.1, 0.15) is 0 Å². The Kier molecular flexibility index (Phi) is 3.55. The molecule has 2 aliphatic rings. The van der Waals surface area contributed by atoms with Gasteiger partial charge in [0.25, 0.3) is 0 Å². The molecule has 1 aromatic rings. The van der Waals surface area contributed by atoms with Crippen molar-refractivity contribution in [3.63, 3.8) is 0 Å². The molecule has 1 fully saturated rings. The van der Waals surface area contributed by atoms with Gasteiger partial charge in [0.15, 0.2) is 0 Å². The number of benzene rings is 1. The smallest absolute Gasteiger partial charge is 0.0401 e. The number of rotatable bonds is 1. The minimum absolute atomic E-state index is 0.727. The third kappa shape index (κ3) is 2.26. The van der Waals surface area contributed by atoms with Crippen molar-refractivity contribution >= 4 is 5.69 Å². The topological polar surface area (TPSA) is 15.3 Å². The number of hydrogen-bond donors (Lipinski definition) is 1. The minimum Gasteiger partial charge on any atom is -0.368 e. The molecule has 0 saturated carbocycles. The number of nitrogens with zero attached hydrogens (tertiary/aromatic N) is 1. The Hall–Kier alpha value is -1.02. The molecular formula is C16H24N2. The molecule has 0 aliphatic carbocycles. The van der Waals surface area contributed by atoms with Crippen LogP contribution in [-0.2, 0) is 6.42 Å². The molecule has 2 aliphatic heterocycles. The maximum atomic E-state index is 3.52. The summed E-state index contributed by atoms with van der Waals surface area (Å²) in [6.07, 6.45) is 5.22. The second-order valence-electron chi connectivity index (χ2n) is 5.82. The van der Waals surface area contributed by atoms with E-state index in [0.717, 1.165) is 12.0 Å². The fraction of sp³-hybridized carbons (Fsp3) is 0.625. The molecule has 2 heterocycles. The van der Waals surface area contributed by atoms with E-state index in [9.17, 15) is 0 Å². The molecule has 2 atom stereocenters. The molecule has 2 nitrogen and oxygen atoms in total. The molecule has 3 rings (SSSR count). The van der Waals surface area contributed by atoms with Crippen LogP contribution in [0.25, 0.3) is 0 Å². The van der Waals surface area contributed by atoms with Crippen molar-refractivity contribution in [2.75, 3.05) is 24.5 Å². The van der Waals surface area contributed by atoms with Crippen LogP contribution >= 0.6 is 0 Å². The van der Waals surface area contributed by atoms with Gasteiger partial charge in [-0.1, -0.05) is 25.1 Å². The van der Waals surface area contributed by atoms with E-state index in [0.29, 0.717) is 0 Å². The quantitative estimate of drug-likeness (QED) is 0.817. The zero-order valence-electron chi connectivity index (χ0n) is 11.4. The second kappa shape index (κ2) is 5.31. The Bertz CT molecular complexity index is 402. The maximum Gasteiger partial charge on any atom is 0.0401 e. The van der Waals surface area contributed by atoms with E-state index in [1.807, 2.05) is 0 Å². The van der Waals surface area contributed by atoms with Crippen molar-refractivity contribution < 1.29 is 0 Å². The summed E-state index contributed by atoms with van der Waals surface area (Å²) in [5.74, 6) is 0.755. The van der Waals surface area contributed by atoms with Crippen molar-refractivity contribution in [3.05, 3.63) is 29.8 Å². The van der Waals surface area contributed by atoms with Gasteiger partial charge in [-0.15, -0.1) is 0 Å². The van der Waals surface area contributed by atoms with Gasteiger partial charge in [-0.2, -0.15) is 0 Å². The van der Waals surface area contributed by atoms with Gasteiger partial charge in [0, 0.05) is 18.3 Å². The summed E-state index contributed by atoms with van der Waals surface area (Å²) in [7, 11) is 0. The Morgan fingerprint density at radius 3 is 3.00 bits per heavy atom. The molecule has 1 saturated heterocycles. The first-order valence-electron chi connectivity index (χ1n) is 7.41. The molecule has 1 aromatic carbocycles. The summed E-state index contributed by atoms with van der Waals surface area (Å²) in [5.41, 5.74) is 3.06. The third-order valence-corrected chi connectivity index (χ3v) is 4.54. The second-order valence-corrected chi connectivity index (χ2v) is 5.82. The van der Waals surface area contributed by atoms with Crippen molar-refractivity contribution in [3.8, 4) is 0 Å². The van der Waals surface area contributed by atoms with Crippen LogP contribution in [0.4, 0.5) is 5.69 Å². The standard InChI is InChI=1S/C16H24N2/c1-13-12-17-10-9-15(13)18-11-5-4-7-14-6-2-3-8-16(14)18/h2-3,6,8,13,15,17H,4-5,7,9-12H2,1H3. The van der Waals surface area contributed by atoms with Gasteiger partial charge in [-0.25, -0.2) is 0 Å². The van der Waals surface area contributed by atoms with Crippen molar-refractivity contribution in [2.45, 2.75) is 38.6 Å². The van der Waals surface area contributed by atoms with Gasteiger partial charge < -0.3 is 10.2 Å². The van der Waals surface area contributed by atoms with Crippen LogP contribution in [0, 0.1) is 5.92 Å². The lowest BCUT2D eigenvalue weighted by molar-refractivity contribution is 0.330. The molecule has 0 bridgehead atoms. The zero-order valence-corrected chi connectivity index (χ0v) is 11.4. The van der Waals surface area contributed by atoms with Crippen LogP contribution in [0.5, 0.6) is 0 Å². The number of piperidine rings is 1. The van der Waals surface area contributed by atoms with Crippen LogP contribution < -0.4 is 10.2 Å². The number of anilines is 1. The predicted octanol–water partition coefficient (Wildman–Crippen LogP) is 2.83. The number of nitrogens with one attached hydrogen (secondary N) is 1. The number of aryl methyl sites for hydroxylation is 1. The van der Waals surface area contributed by atoms with Gasteiger partial charge in [-0.05, 0) is 56.3 Å². The van der Waals surface area contributed by atoms with Crippen LogP contribution in [0.2, 0.25) is 0 Å². The fourth-order valence-corrected chi connectivity index (χ4v) is 3.53. The Balaban J connectivity index is 1.91. The first-order chi connectivity index (χ1) is 8.86. The predicted molar refractivity (Wildman–Crippen MR) is 77.2 cm³/mol. The summed E-state index contributed by atoms with van der Waals surface area (Å²) >= 11 is 0. The van der Waals surface area contributed by atoms with Gasteiger partial charge in [0.2, 0.25) is 0 Å².